The maximum absolute atomic E-state index is 14.3. The number of carbonyl (C=O) groups is 1. The Morgan fingerprint density at radius 3 is 2.66 bits per heavy atom. The number of halogens is 3. The van der Waals surface area contributed by atoms with Gasteiger partial charge in [-0.3, -0.25) is 14.7 Å². The zero-order chi connectivity index (χ0) is 29.4. The smallest absolute Gasteiger partial charge is 0.261 e. The molecule has 1 atom stereocenters. The Hall–Kier alpha value is -3.69. The minimum atomic E-state index is -2.62. The van der Waals surface area contributed by atoms with Crippen LogP contribution >= 0.6 is 0 Å². The summed E-state index contributed by atoms with van der Waals surface area (Å²) in [4.78, 5) is 19.5. The van der Waals surface area contributed by atoms with E-state index in [0.717, 1.165) is 25.7 Å². The average Bonchev–Trinajstić information content (AvgIpc) is 3.53. The summed E-state index contributed by atoms with van der Waals surface area (Å²) in [5.41, 5.74) is 1.45. The molecule has 9 nitrogen and oxygen atoms in total. The van der Waals surface area contributed by atoms with Crippen LogP contribution in [0.3, 0.4) is 0 Å². The summed E-state index contributed by atoms with van der Waals surface area (Å²) in [6.07, 6.45) is 4.12. The van der Waals surface area contributed by atoms with Crippen LogP contribution in [-0.2, 0) is 0 Å². The van der Waals surface area contributed by atoms with E-state index in [4.69, 9.17) is 0 Å². The molecule has 41 heavy (non-hydrogen) atoms. The average molecular weight is 570 g/mol. The lowest BCUT2D eigenvalue weighted by atomic mass is 9.90. The Morgan fingerprint density at radius 2 is 2.00 bits per heavy atom. The van der Waals surface area contributed by atoms with E-state index in [1.165, 1.54) is 26.2 Å². The van der Waals surface area contributed by atoms with Crippen LogP contribution in [-0.4, -0.2) is 79.9 Å². The Labute approximate surface area is 236 Å². The van der Waals surface area contributed by atoms with Crippen LogP contribution < -0.4 is 10.6 Å². The molecule has 0 spiro atoms. The van der Waals surface area contributed by atoms with Gasteiger partial charge in [-0.2, -0.15) is 10.4 Å². The first-order valence-corrected chi connectivity index (χ1v) is 13.8. The maximum atomic E-state index is 14.3. The first-order chi connectivity index (χ1) is 19.4. The number of aromatic nitrogens is 3. The van der Waals surface area contributed by atoms with Crippen molar-refractivity contribution < 1.29 is 23.1 Å². The quantitative estimate of drug-likeness (QED) is 0.373. The number of alkyl halides is 3. The third-order valence-corrected chi connectivity index (χ3v) is 8.02. The summed E-state index contributed by atoms with van der Waals surface area (Å²) in [5, 5.41) is 29.5. The van der Waals surface area contributed by atoms with E-state index in [0.29, 0.717) is 34.7 Å². The molecule has 1 aliphatic carbocycles. The fraction of sp³-hybridized carbons (Fsp3) is 0.517. The van der Waals surface area contributed by atoms with Gasteiger partial charge in [0, 0.05) is 31.2 Å². The van der Waals surface area contributed by atoms with Crippen molar-refractivity contribution in [2.75, 3.05) is 25.0 Å². The van der Waals surface area contributed by atoms with Crippen molar-refractivity contribution >= 4 is 17.1 Å². The van der Waals surface area contributed by atoms with Gasteiger partial charge in [-0.1, -0.05) is 0 Å². The van der Waals surface area contributed by atoms with E-state index in [2.05, 4.69) is 26.8 Å². The summed E-state index contributed by atoms with van der Waals surface area (Å²) in [6, 6.07) is 9.27. The third-order valence-electron chi connectivity index (χ3n) is 8.02. The van der Waals surface area contributed by atoms with Crippen LogP contribution in [0.1, 0.15) is 61.9 Å². The Kier molecular flexibility index (Phi) is 7.94. The number of amides is 1. The first-order valence-electron chi connectivity index (χ1n) is 13.8. The van der Waals surface area contributed by atoms with Gasteiger partial charge in [0.2, 0.25) is 0 Å². The highest BCUT2D eigenvalue weighted by Crippen LogP contribution is 2.34. The number of aliphatic hydroxyl groups is 1. The van der Waals surface area contributed by atoms with Crippen LogP contribution in [0.5, 0.6) is 0 Å². The lowest BCUT2D eigenvalue weighted by molar-refractivity contribution is -0.00179. The topological polar surface area (TPSA) is 119 Å². The normalized spacial score (nSPS) is 21.9. The van der Waals surface area contributed by atoms with Crippen LogP contribution in [0.15, 0.2) is 36.7 Å². The third kappa shape index (κ3) is 6.47. The number of rotatable bonds is 8. The van der Waals surface area contributed by atoms with E-state index >= 15 is 0 Å². The number of nitrogens with zero attached hydrogens (tertiary/aromatic N) is 5. The van der Waals surface area contributed by atoms with Gasteiger partial charge in [-0.15, -0.1) is 0 Å². The number of hydrogen-bond acceptors (Lipinski definition) is 7. The number of likely N-dealkylation sites (tertiary alicyclic amines) is 1. The molecule has 218 valence electrons. The maximum Gasteiger partial charge on any atom is 0.261 e. The predicted molar refractivity (Wildman–Crippen MR) is 147 cm³/mol. The molecule has 4 heterocycles. The molecule has 0 bridgehead atoms. The fourth-order valence-corrected chi connectivity index (χ4v) is 5.56. The van der Waals surface area contributed by atoms with Crippen LogP contribution in [0.25, 0.3) is 16.9 Å². The van der Waals surface area contributed by atoms with Crippen molar-refractivity contribution in [2.45, 2.75) is 75.7 Å². The molecule has 3 aromatic rings. The second kappa shape index (κ2) is 11.3. The number of nitriles is 1. The van der Waals surface area contributed by atoms with E-state index in [1.807, 2.05) is 17.0 Å². The SMILES string of the molecule is CC(C)(O)[C@H](F)CNC(=O)c1cnc(-c2ccc3cc(C#N)cnn23)cc1N[C@H]1CC[C@@H](N2CCC(F)(F)C2)CC1. The Bertz CT molecular complexity index is 1450. The first kappa shape index (κ1) is 28.8. The van der Waals surface area contributed by atoms with Gasteiger partial charge >= 0.3 is 0 Å². The van der Waals surface area contributed by atoms with Gasteiger partial charge in [-0.05, 0) is 63.8 Å². The van der Waals surface area contributed by atoms with Crippen molar-refractivity contribution in [1.29, 1.82) is 5.26 Å². The van der Waals surface area contributed by atoms with Gasteiger partial charge < -0.3 is 15.7 Å². The van der Waals surface area contributed by atoms with Gasteiger partial charge in [0.05, 0.1) is 58.6 Å². The molecular formula is C29H34F3N7O2. The highest BCUT2D eigenvalue weighted by Gasteiger charge is 2.41. The standard InChI is InChI=1S/C29H34F3N7O2/c1-28(2,41)26(30)16-35-27(40)22-15-34-24(25-8-7-21-11-18(13-33)14-36-39(21)25)12-23(22)37-19-3-5-20(6-4-19)38-10-9-29(31,32)17-38/h7-8,11-12,14-15,19-20,26,41H,3-6,9-10,16-17H2,1-2H3,(H,34,37)(H,35,40)/t19-,20+,26-/m1/s1. The van der Waals surface area contributed by atoms with Gasteiger partial charge in [-0.25, -0.2) is 17.7 Å². The number of carbonyl (C=O) groups excluding carboxylic acids is 1. The van der Waals surface area contributed by atoms with E-state index in [1.54, 1.807) is 16.6 Å². The Balaban J connectivity index is 1.37. The number of nitrogens with one attached hydrogen (secondary N) is 2. The van der Waals surface area contributed by atoms with Crippen LogP contribution in [0.4, 0.5) is 18.9 Å². The van der Waals surface area contributed by atoms with Crippen molar-refractivity contribution in [3.63, 3.8) is 0 Å². The number of pyridine rings is 1. The van der Waals surface area contributed by atoms with Crippen molar-refractivity contribution in [3.05, 3.63) is 47.8 Å². The molecule has 1 amide bonds. The van der Waals surface area contributed by atoms with Crippen LogP contribution in [0.2, 0.25) is 0 Å². The second-order valence-corrected chi connectivity index (χ2v) is 11.6. The fourth-order valence-electron chi connectivity index (χ4n) is 5.56. The Morgan fingerprint density at radius 1 is 1.24 bits per heavy atom. The summed E-state index contributed by atoms with van der Waals surface area (Å²) >= 11 is 0. The number of anilines is 1. The van der Waals surface area contributed by atoms with E-state index in [-0.39, 0.29) is 37.2 Å². The molecule has 0 aromatic carbocycles. The number of fused-ring (bicyclic) bond motifs is 1. The molecule has 12 heteroatoms. The van der Waals surface area contributed by atoms with Gasteiger partial charge in [0.25, 0.3) is 11.8 Å². The molecule has 3 aromatic heterocycles. The molecule has 2 aliphatic rings. The largest absolute Gasteiger partial charge is 0.387 e. The van der Waals surface area contributed by atoms with Gasteiger partial charge in [0.1, 0.15) is 12.2 Å². The molecule has 1 aliphatic heterocycles. The predicted octanol–water partition coefficient (Wildman–Crippen LogP) is 4.17. The van der Waals surface area contributed by atoms with E-state index < -0.39 is 23.6 Å². The lowest BCUT2D eigenvalue weighted by Crippen LogP contribution is -2.42. The van der Waals surface area contributed by atoms with Gasteiger partial charge in [0.15, 0.2) is 0 Å². The van der Waals surface area contributed by atoms with E-state index in [9.17, 15) is 28.3 Å². The molecule has 0 unspecified atom stereocenters. The highest BCUT2D eigenvalue weighted by molar-refractivity contribution is 6.00. The lowest BCUT2D eigenvalue weighted by Gasteiger charge is -2.35. The molecule has 2 fully saturated rings. The summed E-state index contributed by atoms with van der Waals surface area (Å²) < 4.78 is 43.5. The zero-order valence-corrected chi connectivity index (χ0v) is 23.1. The highest BCUT2D eigenvalue weighted by atomic mass is 19.3. The summed E-state index contributed by atoms with van der Waals surface area (Å²) in [7, 11) is 0. The van der Waals surface area contributed by atoms with Crippen LogP contribution in [0, 0.1) is 11.3 Å². The monoisotopic (exact) mass is 569 g/mol. The summed E-state index contributed by atoms with van der Waals surface area (Å²) in [6.45, 7) is 2.51. The second-order valence-electron chi connectivity index (χ2n) is 11.6. The molecule has 1 saturated heterocycles. The number of hydrogen-bond donors (Lipinski definition) is 3. The zero-order valence-electron chi connectivity index (χ0n) is 23.1. The summed E-state index contributed by atoms with van der Waals surface area (Å²) in [5.74, 6) is -3.16. The van der Waals surface area contributed by atoms with Crippen molar-refractivity contribution in [3.8, 4) is 17.5 Å². The van der Waals surface area contributed by atoms with Crippen molar-refractivity contribution in [1.82, 2.24) is 24.8 Å². The minimum absolute atomic E-state index is 0.00170. The molecule has 5 rings (SSSR count). The molecular weight excluding hydrogens is 535 g/mol. The molecule has 3 N–H and O–H groups in total. The minimum Gasteiger partial charge on any atom is -0.387 e. The van der Waals surface area contributed by atoms with Crippen molar-refractivity contribution in [2.24, 2.45) is 0 Å². The molecule has 0 radical (unpaired) electrons. The molecule has 1 saturated carbocycles.